The highest BCUT2D eigenvalue weighted by Gasteiger charge is 2.14. The van der Waals surface area contributed by atoms with Crippen LogP contribution in [0.2, 0.25) is 0 Å². The van der Waals surface area contributed by atoms with E-state index in [2.05, 4.69) is 31.2 Å². The van der Waals surface area contributed by atoms with Crippen LogP contribution in [0.15, 0.2) is 91.5 Å². The molecule has 4 rings (SSSR count). The minimum Gasteiger partial charge on any atom is -0.200 e. The van der Waals surface area contributed by atoms with Crippen LogP contribution in [-0.4, -0.2) is 0 Å². The average Bonchev–Trinajstić information content (AvgIpc) is 2.69. The zero-order chi connectivity index (χ0) is 18.8. The lowest BCUT2D eigenvalue weighted by Gasteiger charge is -2.03. The fraction of sp³-hybridized carbons (Fsp3) is 0.0833. The lowest BCUT2D eigenvalue weighted by Crippen LogP contribution is -2.30. The molecule has 0 aliphatic rings. The Morgan fingerprint density at radius 2 is 1.07 bits per heavy atom. The third-order valence-electron chi connectivity index (χ3n) is 4.72. The number of rotatable bonds is 3. The first-order valence-corrected chi connectivity index (χ1v) is 8.97. The maximum atomic E-state index is 14.7. The molecule has 0 radical (unpaired) electrons. The summed E-state index contributed by atoms with van der Waals surface area (Å²) in [6.07, 6.45) is 7.34. The molecule has 27 heavy (non-hydrogen) atoms. The van der Waals surface area contributed by atoms with E-state index < -0.39 is 0 Å². The monoisotopic (exact) mass is 356 g/mol. The van der Waals surface area contributed by atoms with E-state index in [1.165, 1.54) is 17.3 Å². The Kier molecular flexibility index (Phi) is 4.51. The van der Waals surface area contributed by atoms with Gasteiger partial charge in [-0.3, -0.25) is 0 Å². The van der Waals surface area contributed by atoms with Crippen LogP contribution in [0.25, 0.3) is 22.5 Å². The van der Waals surface area contributed by atoms with Crippen molar-refractivity contribution >= 4 is 0 Å². The van der Waals surface area contributed by atoms with Gasteiger partial charge in [-0.1, -0.05) is 35.4 Å². The molecule has 0 saturated carbocycles. The maximum absolute atomic E-state index is 14.7. The molecule has 0 N–H and O–H groups in total. The van der Waals surface area contributed by atoms with Crippen LogP contribution in [0, 0.1) is 19.7 Å². The van der Waals surface area contributed by atoms with Crippen molar-refractivity contribution in [2.75, 3.05) is 0 Å². The topological polar surface area (TPSA) is 7.76 Å². The predicted molar refractivity (Wildman–Crippen MR) is 104 cm³/mol. The Morgan fingerprint density at radius 3 is 1.59 bits per heavy atom. The van der Waals surface area contributed by atoms with Gasteiger partial charge in [0.15, 0.2) is 24.4 Å². The van der Waals surface area contributed by atoms with Gasteiger partial charge in [0.1, 0.15) is 0 Å². The molecule has 2 nitrogen and oxygen atoms in total. The fourth-order valence-corrected chi connectivity index (χ4v) is 3.08. The summed E-state index contributed by atoms with van der Waals surface area (Å²) in [7, 11) is 0. The number of halogens is 1. The second-order valence-electron chi connectivity index (χ2n) is 6.78. The number of pyridine rings is 2. The number of benzene rings is 2. The Morgan fingerprint density at radius 1 is 0.593 bits per heavy atom. The lowest BCUT2D eigenvalue weighted by molar-refractivity contribution is -0.597. The molecule has 0 fully saturated rings. The van der Waals surface area contributed by atoms with Crippen molar-refractivity contribution in [3.8, 4) is 22.5 Å². The van der Waals surface area contributed by atoms with Gasteiger partial charge in [0.2, 0.25) is 17.6 Å². The first-order valence-electron chi connectivity index (χ1n) is 8.97. The molecule has 0 saturated heterocycles. The van der Waals surface area contributed by atoms with Crippen LogP contribution in [0.4, 0.5) is 4.39 Å². The first-order chi connectivity index (χ1) is 13.1. The molecule has 2 aromatic carbocycles. The minimum atomic E-state index is -0.244. The van der Waals surface area contributed by atoms with Crippen LogP contribution in [0.3, 0.4) is 0 Å². The van der Waals surface area contributed by atoms with Gasteiger partial charge in [0, 0.05) is 48.0 Å². The molecule has 0 unspecified atom stereocenters. The zero-order valence-corrected chi connectivity index (χ0v) is 15.4. The molecule has 0 bridgehead atoms. The smallest absolute Gasteiger partial charge is 0.200 e. The maximum Gasteiger partial charge on any atom is 0.211 e. The summed E-state index contributed by atoms with van der Waals surface area (Å²) in [5, 5.41) is 0. The van der Waals surface area contributed by atoms with Gasteiger partial charge in [-0.05, 0) is 19.4 Å². The van der Waals surface area contributed by atoms with Gasteiger partial charge in [-0.2, -0.15) is 13.5 Å². The van der Waals surface area contributed by atoms with Crippen molar-refractivity contribution in [2.24, 2.45) is 0 Å². The van der Waals surface area contributed by atoms with Gasteiger partial charge in [-0.25, -0.2) is 0 Å². The van der Waals surface area contributed by atoms with Crippen molar-refractivity contribution < 1.29 is 13.5 Å². The highest BCUT2D eigenvalue weighted by molar-refractivity contribution is 5.62. The fourth-order valence-electron chi connectivity index (χ4n) is 3.08. The molecule has 0 amide bonds. The summed E-state index contributed by atoms with van der Waals surface area (Å²) in [5.41, 5.74) is 5.88. The third kappa shape index (κ3) is 3.63. The summed E-state index contributed by atoms with van der Waals surface area (Å²) < 4.78 is 18.6. The minimum absolute atomic E-state index is 0.244. The predicted octanol–water partition coefficient (Wildman–Crippen LogP) is 4.66. The van der Waals surface area contributed by atoms with Crippen LogP contribution in [-0.2, 0) is 0 Å². The largest absolute Gasteiger partial charge is 0.211 e. The van der Waals surface area contributed by atoms with Crippen molar-refractivity contribution in [3.63, 3.8) is 0 Å². The summed E-state index contributed by atoms with van der Waals surface area (Å²) >= 11 is 0. The van der Waals surface area contributed by atoms with E-state index in [0.717, 1.165) is 16.9 Å². The Labute approximate surface area is 158 Å². The molecule has 0 atom stereocenters. The van der Waals surface area contributed by atoms with Gasteiger partial charge >= 0.3 is 0 Å². The first kappa shape index (κ1) is 17.1. The Hall–Kier alpha value is -3.33. The van der Waals surface area contributed by atoms with E-state index in [9.17, 15) is 4.39 Å². The lowest BCUT2D eigenvalue weighted by atomic mass is 10.1. The second kappa shape index (κ2) is 7.12. The summed E-state index contributed by atoms with van der Waals surface area (Å²) in [5.74, 6) is -0.244. The Bertz CT molecular complexity index is 1070. The van der Waals surface area contributed by atoms with E-state index in [1.54, 1.807) is 4.57 Å². The van der Waals surface area contributed by atoms with Crippen LogP contribution >= 0.6 is 0 Å². The van der Waals surface area contributed by atoms with Crippen molar-refractivity contribution in [3.05, 3.63) is 108 Å². The Balaban J connectivity index is 1.63. The third-order valence-corrected chi connectivity index (χ3v) is 4.72. The van der Waals surface area contributed by atoms with E-state index in [-0.39, 0.29) is 5.82 Å². The van der Waals surface area contributed by atoms with Gasteiger partial charge < -0.3 is 0 Å². The van der Waals surface area contributed by atoms with Gasteiger partial charge in [0.25, 0.3) is 0 Å². The number of nitrogens with zero attached hydrogens (tertiary/aromatic N) is 2. The number of aryl methyl sites for hydroxylation is 2. The second-order valence-corrected chi connectivity index (χ2v) is 6.78. The normalized spacial score (nSPS) is 10.8. The molecule has 0 aliphatic carbocycles. The quantitative estimate of drug-likeness (QED) is 0.472. The van der Waals surface area contributed by atoms with E-state index in [0.29, 0.717) is 5.56 Å². The van der Waals surface area contributed by atoms with Crippen molar-refractivity contribution in [1.82, 2.24) is 0 Å². The van der Waals surface area contributed by atoms with Crippen molar-refractivity contribution in [2.45, 2.75) is 13.8 Å². The van der Waals surface area contributed by atoms with Crippen LogP contribution < -0.4 is 9.13 Å². The number of hydrogen-bond acceptors (Lipinski definition) is 0. The number of aromatic nitrogens is 2. The highest BCUT2D eigenvalue weighted by atomic mass is 19.1. The van der Waals surface area contributed by atoms with Gasteiger partial charge in [-0.15, -0.1) is 0 Å². The standard InChI is InChI=1S/C24H21FN2/c1-18-3-7-21(8-4-18)26-14-11-20(12-15-26)23-13-16-27(17-24(23)25)22-9-5-19(2)6-10-22/h3-17H,1-2H3/q+2. The van der Waals surface area contributed by atoms with E-state index >= 15 is 0 Å². The molecular formula is C24H21FN2+2. The molecular weight excluding hydrogens is 335 g/mol. The average molecular weight is 356 g/mol. The molecule has 0 aliphatic heterocycles. The molecule has 4 aromatic rings. The molecule has 2 heterocycles. The van der Waals surface area contributed by atoms with E-state index in [4.69, 9.17) is 0 Å². The van der Waals surface area contributed by atoms with Crippen LogP contribution in [0.5, 0.6) is 0 Å². The van der Waals surface area contributed by atoms with Crippen LogP contribution in [0.1, 0.15) is 11.1 Å². The summed E-state index contributed by atoms with van der Waals surface area (Å²) in [6, 6.07) is 22.0. The number of hydrogen-bond donors (Lipinski definition) is 0. The SMILES string of the molecule is Cc1ccc(-[n+]2ccc(-c3cc[n+](-c4ccc(C)cc4)cc3F)cc2)cc1. The van der Waals surface area contributed by atoms with Gasteiger partial charge in [0.05, 0.1) is 0 Å². The van der Waals surface area contributed by atoms with E-state index in [1.807, 2.05) is 72.5 Å². The zero-order valence-electron chi connectivity index (χ0n) is 15.4. The summed E-state index contributed by atoms with van der Waals surface area (Å²) in [4.78, 5) is 0. The molecule has 0 spiro atoms. The van der Waals surface area contributed by atoms with Crippen molar-refractivity contribution in [1.29, 1.82) is 0 Å². The molecule has 3 heteroatoms. The molecule has 132 valence electrons. The summed E-state index contributed by atoms with van der Waals surface area (Å²) in [6.45, 7) is 4.11. The molecule has 2 aromatic heterocycles. The highest BCUT2D eigenvalue weighted by Crippen LogP contribution is 2.20.